The second-order valence-corrected chi connectivity index (χ2v) is 5.34. The summed E-state index contributed by atoms with van der Waals surface area (Å²) in [4.78, 5) is 24.9. The fourth-order valence-electron chi connectivity index (χ4n) is 2.33. The summed E-state index contributed by atoms with van der Waals surface area (Å²) >= 11 is 0. The van der Waals surface area contributed by atoms with Crippen molar-refractivity contribution >= 4 is 11.8 Å². The molecule has 1 atom stereocenters. The molecule has 1 aliphatic heterocycles. The third-order valence-corrected chi connectivity index (χ3v) is 3.32. The van der Waals surface area contributed by atoms with Crippen LogP contribution in [0, 0.1) is 5.92 Å². The van der Waals surface area contributed by atoms with Crippen LogP contribution in [-0.2, 0) is 9.59 Å². The lowest BCUT2D eigenvalue weighted by Crippen LogP contribution is -2.45. The molecule has 0 aliphatic carbocycles. The molecule has 1 fully saturated rings. The zero-order chi connectivity index (χ0) is 12.8. The molecule has 1 unspecified atom stereocenters. The lowest BCUT2D eigenvalue weighted by molar-refractivity contribution is -0.136. The van der Waals surface area contributed by atoms with Gasteiger partial charge in [0.15, 0.2) is 0 Å². The molecule has 0 aromatic carbocycles. The zero-order valence-electron chi connectivity index (χ0n) is 10.9. The van der Waals surface area contributed by atoms with E-state index in [4.69, 9.17) is 5.73 Å². The molecule has 2 N–H and O–H groups in total. The minimum absolute atomic E-state index is 0.0425. The van der Waals surface area contributed by atoms with Gasteiger partial charge in [-0.05, 0) is 31.6 Å². The van der Waals surface area contributed by atoms with Crippen molar-refractivity contribution in [3.05, 3.63) is 0 Å². The molecule has 2 amide bonds. The summed E-state index contributed by atoms with van der Waals surface area (Å²) < 4.78 is 0. The summed E-state index contributed by atoms with van der Waals surface area (Å²) in [6.45, 7) is 5.02. The van der Waals surface area contributed by atoms with Crippen LogP contribution in [-0.4, -0.2) is 29.3 Å². The first-order valence-electron chi connectivity index (χ1n) is 6.58. The maximum absolute atomic E-state index is 12.1. The number of carbonyl (C=O) groups excluding carboxylic acids is 2. The molecular formula is C13H24N2O2. The number of nitrogens with zero attached hydrogens (tertiary/aromatic N) is 1. The lowest BCUT2D eigenvalue weighted by atomic mass is 9.97. The van der Waals surface area contributed by atoms with Crippen LogP contribution in [0.5, 0.6) is 0 Å². The van der Waals surface area contributed by atoms with Crippen molar-refractivity contribution in [2.24, 2.45) is 11.7 Å². The van der Waals surface area contributed by atoms with Crippen LogP contribution in [0.3, 0.4) is 0 Å². The van der Waals surface area contributed by atoms with Crippen molar-refractivity contribution in [3.63, 3.8) is 0 Å². The van der Waals surface area contributed by atoms with Gasteiger partial charge in [0.2, 0.25) is 11.8 Å². The predicted octanol–water partition coefficient (Wildman–Crippen LogP) is 1.68. The standard InChI is InChI=1S/C13H24N2O2/c1-10(2)6-7-13(17)15-8-4-3-5-11(15)9-12(14)16/h10-11H,3-9H2,1-2H3,(H2,14,16). The first-order chi connectivity index (χ1) is 8.00. The van der Waals surface area contributed by atoms with E-state index in [0.717, 1.165) is 32.2 Å². The Balaban J connectivity index is 2.51. The topological polar surface area (TPSA) is 63.4 Å². The highest BCUT2D eigenvalue weighted by Crippen LogP contribution is 2.21. The van der Waals surface area contributed by atoms with Gasteiger partial charge in [0.1, 0.15) is 0 Å². The molecule has 98 valence electrons. The minimum atomic E-state index is -0.307. The highest BCUT2D eigenvalue weighted by molar-refractivity contribution is 5.79. The maximum atomic E-state index is 12.1. The molecule has 0 aromatic heterocycles. The predicted molar refractivity (Wildman–Crippen MR) is 67.2 cm³/mol. The van der Waals surface area contributed by atoms with Gasteiger partial charge in [-0.2, -0.15) is 0 Å². The Morgan fingerprint density at radius 2 is 2.06 bits per heavy atom. The van der Waals surface area contributed by atoms with Crippen LogP contribution in [0.25, 0.3) is 0 Å². The van der Waals surface area contributed by atoms with Crippen molar-refractivity contribution in [1.29, 1.82) is 0 Å². The second-order valence-electron chi connectivity index (χ2n) is 5.34. The average Bonchev–Trinajstić information content (AvgIpc) is 2.25. The molecular weight excluding hydrogens is 216 g/mol. The van der Waals surface area contributed by atoms with Crippen LogP contribution in [0.2, 0.25) is 0 Å². The van der Waals surface area contributed by atoms with E-state index in [2.05, 4.69) is 13.8 Å². The second kappa shape index (κ2) is 6.62. The van der Waals surface area contributed by atoms with E-state index in [9.17, 15) is 9.59 Å². The Morgan fingerprint density at radius 1 is 1.35 bits per heavy atom. The van der Waals surface area contributed by atoms with Crippen molar-refractivity contribution in [3.8, 4) is 0 Å². The Labute approximate surface area is 104 Å². The molecule has 1 saturated heterocycles. The van der Waals surface area contributed by atoms with Crippen molar-refractivity contribution in [1.82, 2.24) is 4.90 Å². The average molecular weight is 240 g/mol. The molecule has 0 bridgehead atoms. The van der Waals surface area contributed by atoms with Gasteiger partial charge in [-0.25, -0.2) is 0 Å². The zero-order valence-corrected chi connectivity index (χ0v) is 10.9. The van der Waals surface area contributed by atoms with E-state index < -0.39 is 0 Å². The minimum Gasteiger partial charge on any atom is -0.370 e. The first kappa shape index (κ1) is 14.0. The molecule has 0 saturated carbocycles. The number of nitrogens with two attached hydrogens (primary N) is 1. The Hall–Kier alpha value is -1.06. The van der Waals surface area contributed by atoms with E-state index in [-0.39, 0.29) is 17.9 Å². The molecule has 1 heterocycles. The van der Waals surface area contributed by atoms with E-state index in [1.165, 1.54) is 0 Å². The molecule has 0 radical (unpaired) electrons. The Kier molecular flexibility index (Phi) is 5.45. The normalized spacial score (nSPS) is 20.6. The Bertz CT molecular complexity index is 277. The fourth-order valence-corrected chi connectivity index (χ4v) is 2.33. The van der Waals surface area contributed by atoms with Crippen molar-refractivity contribution < 1.29 is 9.59 Å². The van der Waals surface area contributed by atoms with E-state index >= 15 is 0 Å². The van der Waals surface area contributed by atoms with E-state index in [1.807, 2.05) is 4.90 Å². The van der Waals surface area contributed by atoms with Gasteiger partial charge in [-0.15, -0.1) is 0 Å². The highest BCUT2D eigenvalue weighted by Gasteiger charge is 2.27. The summed E-state index contributed by atoms with van der Waals surface area (Å²) in [6, 6.07) is 0.0425. The summed E-state index contributed by atoms with van der Waals surface area (Å²) in [5, 5.41) is 0. The number of primary amides is 1. The molecule has 0 spiro atoms. The van der Waals surface area contributed by atoms with Gasteiger partial charge in [-0.1, -0.05) is 13.8 Å². The first-order valence-corrected chi connectivity index (χ1v) is 6.58. The van der Waals surface area contributed by atoms with Crippen molar-refractivity contribution in [2.45, 2.75) is 58.4 Å². The van der Waals surface area contributed by atoms with Crippen LogP contribution in [0.4, 0.5) is 0 Å². The highest BCUT2D eigenvalue weighted by atomic mass is 16.2. The molecule has 17 heavy (non-hydrogen) atoms. The van der Waals surface area contributed by atoms with Crippen LogP contribution < -0.4 is 5.73 Å². The summed E-state index contributed by atoms with van der Waals surface area (Å²) in [5.74, 6) is 0.418. The third kappa shape index (κ3) is 4.75. The molecule has 1 rings (SSSR count). The van der Waals surface area contributed by atoms with Gasteiger partial charge in [0, 0.05) is 25.4 Å². The molecule has 0 aromatic rings. The van der Waals surface area contributed by atoms with Crippen LogP contribution >= 0.6 is 0 Å². The summed E-state index contributed by atoms with van der Waals surface area (Å²) in [5.41, 5.74) is 5.23. The van der Waals surface area contributed by atoms with Gasteiger partial charge in [-0.3, -0.25) is 9.59 Å². The number of hydrogen-bond donors (Lipinski definition) is 1. The maximum Gasteiger partial charge on any atom is 0.222 e. The van der Waals surface area contributed by atoms with Gasteiger partial charge >= 0.3 is 0 Å². The smallest absolute Gasteiger partial charge is 0.222 e. The Morgan fingerprint density at radius 3 is 2.65 bits per heavy atom. The number of rotatable bonds is 5. The van der Waals surface area contributed by atoms with Gasteiger partial charge in [0.25, 0.3) is 0 Å². The number of piperidine rings is 1. The van der Waals surface area contributed by atoms with Crippen LogP contribution in [0.15, 0.2) is 0 Å². The van der Waals surface area contributed by atoms with Crippen LogP contribution in [0.1, 0.15) is 52.4 Å². The largest absolute Gasteiger partial charge is 0.370 e. The van der Waals surface area contributed by atoms with Gasteiger partial charge in [0.05, 0.1) is 0 Å². The van der Waals surface area contributed by atoms with E-state index in [1.54, 1.807) is 0 Å². The summed E-state index contributed by atoms with van der Waals surface area (Å²) in [7, 11) is 0. The van der Waals surface area contributed by atoms with E-state index in [0.29, 0.717) is 18.8 Å². The lowest BCUT2D eigenvalue weighted by Gasteiger charge is -2.35. The number of carbonyl (C=O) groups is 2. The monoisotopic (exact) mass is 240 g/mol. The number of likely N-dealkylation sites (tertiary alicyclic amines) is 1. The fraction of sp³-hybridized carbons (Fsp3) is 0.846. The SMILES string of the molecule is CC(C)CCC(=O)N1CCCCC1CC(N)=O. The summed E-state index contributed by atoms with van der Waals surface area (Å²) in [6.07, 6.45) is 4.86. The molecule has 4 nitrogen and oxygen atoms in total. The van der Waals surface area contributed by atoms with Crippen molar-refractivity contribution in [2.75, 3.05) is 6.54 Å². The number of amides is 2. The quantitative estimate of drug-likeness (QED) is 0.794. The van der Waals surface area contributed by atoms with Gasteiger partial charge < -0.3 is 10.6 Å². The molecule has 1 aliphatic rings. The number of hydrogen-bond acceptors (Lipinski definition) is 2. The molecule has 4 heteroatoms. The third-order valence-electron chi connectivity index (χ3n) is 3.32.